The topological polar surface area (TPSA) is 71.1 Å². The van der Waals surface area contributed by atoms with Crippen LogP contribution in [-0.2, 0) is 6.18 Å². The zero-order valence-corrected chi connectivity index (χ0v) is 17.4. The number of aryl methyl sites for hydroxylation is 1. The Kier molecular flexibility index (Phi) is 7.54. The van der Waals surface area contributed by atoms with Gasteiger partial charge in [0.2, 0.25) is 0 Å². The molecule has 0 aliphatic heterocycles. The van der Waals surface area contributed by atoms with Gasteiger partial charge in [-0.1, -0.05) is 23.7 Å². The van der Waals surface area contributed by atoms with Crippen molar-refractivity contribution in [2.45, 2.75) is 26.1 Å². The van der Waals surface area contributed by atoms with Gasteiger partial charge in [-0.2, -0.15) is 24.9 Å². The lowest BCUT2D eigenvalue weighted by Crippen LogP contribution is -2.35. The minimum atomic E-state index is -4.62. The Morgan fingerprint density at radius 1 is 1.28 bits per heavy atom. The van der Waals surface area contributed by atoms with Gasteiger partial charge >= 0.3 is 6.18 Å². The molecule has 2 N–H and O–H groups in total. The summed E-state index contributed by atoms with van der Waals surface area (Å²) in [6.07, 6.45) is -2.17. The maximum atomic E-state index is 12.8. The van der Waals surface area contributed by atoms with Crippen molar-refractivity contribution >= 4 is 40.9 Å². The maximum Gasteiger partial charge on any atom is 0.417 e. The summed E-state index contributed by atoms with van der Waals surface area (Å²) in [7, 11) is 0. The number of carbonyl (C=O) groups excluding carboxylic acids is 2. The largest absolute Gasteiger partial charge is 0.417 e. The fourth-order valence-electron chi connectivity index (χ4n) is 2.55. The third-order valence-corrected chi connectivity index (χ3v) is 5.06. The Morgan fingerprint density at radius 3 is 2.55 bits per heavy atom. The van der Waals surface area contributed by atoms with Crippen LogP contribution in [0, 0.1) is 6.92 Å². The van der Waals surface area contributed by atoms with Gasteiger partial charge in [0, 0.05) is 18.0 Å². The molecule has 0 unspecified atom stereocenters. The van der Waals surface area contributed by atoms with E-state index in [2.05, 4.69) is 15.6 Å². The number of nitrogens with zero attached hydrogens (tertiary/aromatic N) is 1. The molecule has 2 aromatic rings. The lowest BCUT2D eigenvalue weighted by molar-refractivity contribution is -0.137. The number of para-hydroxylation sites is 1. The second-order valence-corrected chi connectivity index (χ2v) is 7.65. The van der Waals surface area contributed by atoms with E-state index in [4.69, 9.17) is 11.6 Å². The Hall–Kier alpha value is -2.26. The maximum absolute atomic E-state index is 12.8. The number of anilines is 1. The molecule has 2 rings (SSSR count). The molecule has 0 bridgehead atoms. The Bertz CT molecular complexity index is 922. The van der Waals surface area contributed by atoms with E-state index in [1.807, 2.05) is 13.2 Å². The van der Waals surface area contributed by atoms with Gasteiger partial charge in [0.25, 0.3) is 11.8 Å². The highest BCUT2D eigenvalue weighted by atomic mass is 35.5. The van der Waals surface area contributed by atoms with E-state index in [0.29, 0.717) is 23.6 Å². The Morgan fingerprint density at radius 2 is 1.97 bits per heavy atom. The number of pyridine rings is 1. The molecule has 1 atom stereocenters. The molecule has 2 amide bonds. The van der Waals surface area contributed by atoms with Gasteiger partial charge in [0.05, 0.1) is 21.8 Å². The van der Waals surface area contributed by atoms with Gasteiger partial charge in [0.1, 0.15) is 5.69 Å². The zero-order valence-electron chi connectivity index (χ0n) is 15.9. The molecular formula is C19H19ClF3N3O2S. The summed E-state index contributed by atoms with van der Waals surface area (Å²) in [6.45, 7) is 3.55. The molecule has 1 aromatic heterocycles. The van der Waals surface area contributed by atoms with Gasteiger partial charge < -0.3 is 10.6 Å². The van der Waals surface area contributed by atoms with E-state index in [1.165, 1.54) is 0 Å². The summed E-state index contributed by atoms with van der Waals surface area (Å²) >= 11 is 7.42. The monoisotopic (exact) mass is 445 g/mol. The molecule has 0 aliphatic carbocycles. The predicted molar refractivity (Wildman–Crippen MR) is 109 cm³/mol. The molecule has 1 aromatic carbocycles. The van der Waals surface area contributed by atoms with E-state index in [9.17, 15) is 22.8 Å². The lowest BCUT2D eigenvalue weighted by atomic mass is 10.1. The van der Waals surface area contributed by atoms with Crippen LogP contribution in [0.25, 0.3) is 0 Å². The highest BCUT2D eigenvalue weighted by molar-refractivity contribution is 7.98. The number of nitrogens with one attached hydrogen (secondary N) is 2. The highest BCUT2D eigenvalue weighted by Gasteiger charge is 2.32. The molecular weight excluding hydrogens is 427 g/mol. The third-order valence-electron chi connectivity index (χ3n) is 3.93. The van der Waals surface area contributed by atoms with Crippen LogP contribution in [0.5, 0.6) is 0 Å². The second-order valence-electron chi connectivity index (χ2n) is 6.33. The van der Waals surface area contributed by atoms with Gasteiger partial charge in [-0.3, -0.25) is 9.59 Å². The average Bonchev–Trinajstić information content (AvgIpc) is 2.62. The smallest absolute Gasteiger partial charge is 0.349 e. The average molecular weight is 446 g/mol. The summed E-state index contributed by atoms with van der Waals surface area (Å²) in [5.74, 6) is -0.481. The van der Waals surface area contributed by atoms with Crippen molar-refractivity contribution < 1.29 is 22.8 Å². The Balaban J connectivity index is 2.30. The van der Waals surface area contributed by atoms with Gasteiger partial charge in [-0.25, -0.2) is 4.98 Å². The SMILES string of the molecule is CSC[C@H](C)NC(=O)c1cccc(C)c1NC(=O)c1ncc(C(F)(F)F)cc1Cl. The van der Waals surface area contributed by atoms with Crippen LogP contribution in [0.3, 0.4) is 0 Å². The summed E-state index contributed by atoms with van der Waals surface area (Å²) < 4.78 is 38.3. The van der Waals surface area contributed by atoms with E-state index in [-0.39, 0.29) is 28.9 Å². The number of hydrogen-bond donors (Lipinski definition) is 2. The molecule has 29 heavy (non-hydrogen) atoms. The first-order valence-corrected chi connectivity index (χ1v) is 10.2. The number of halogens is 4. The zero-order chi connectivity index (χ0) is 21.8. The molecule has 0 fully saturated rings. The fourth-order valence-corrected chi connectivity index (χ4v) is 3.38. The molecule has 156 valence electrons. The molecule has 0 saturated carbocycles. The minimum absolute atomic E-state index is 0.0902. The van der Waals surface area contributed by atoms with Crippen molar-refractivity contribution in [1.29, 1.82) is 0 Å². The van der Waals surface area contributed by atoms with E-state index >= 15 is 0 Å². The lowest BCUT2D eigenvalue weighted by Gasteiger charge is -2.17. The number of thioether (sulfide) groups is 1. The van der Waals surface area contributed by atoms with E-state index < -0.39 is 22.7 Å². The van der Waals surface area contributed by atoms with Crippen LogP contribution in [-0.4, -0.2) is 34.8 Å². The van der Waals surface area contributed by atoms with Crippen molar-refractivity contribution in [2.24, 2.45) is 0 Å². The van der Waals surface area contributed by atoms with Crippen LogP contribution < -0.4 is 10.6 Å². The van der Waals surface area contributed by atoms with Crippen molar-refractivity contribution in [2.75, 3.05) is 17.3 Å². The molecule has 0 aliphatic rings. The van der Waals surface area contributed by atoms with Gasteiger partial charge in [-0.05, 0) is 37.8 Å². The molecule has 0 saturated heterocycles. The van der Waals surface area contributed by atoms with Crippen molar-refractivity contribution in [3.8, 4) is 0 Å². The summed E-state index contributed by atoms with van der Waals surface area (Å²) in [6, 6.07) is 5.46. The number of benzene rings is 1. The van der Waals surface area contributed by atoms with Gasteiger partial charge in [0.15, 0.2) is 0 Å². The number of amides is 2. The van der Waals surface area contributed by atoms with Crippen molar-refractivity contribution in [3.05, 3.63) is 57.9 Å². The molecule has 5 nitrogen and oxygen atoms in total. The van der Waals surface area contributed by atoms with Crippen molar-refractivity contribution in [1.82, 2.24) is 10.3 Å². The Labute approximate surface area is 175 Å². The number of aromatic nitrogens is 1. The third kappa shape index (κ3) is 5.86. The molecule has 10 heteroatoms. The quantitative estimate of drug-likeness (QED) is 0.670. The van der Waals surface area contributed by atoms with Gasteiger partial charge in [-0.15, -0.1) is 0 Å². The number of carbonyl (C=O) groups is 2. The normalized spacial score (nSPS) is 12.4. The molecule has 1 heterocycles. The fraction of sp³-hybridized carbons (Fsp3) is 0.316. The van der Waals surface area contributed by atoms with Crippen LogP contribution in [0.2, 0.25) is 5.02 Å². The van der Waals surface area contributed by atoms with E-state index in [1.54, 1.807) is 36.9 Å². The number of hydrogen-bond acceptors (Lipinski definition) is 4. The standard InChI is InChI=1S/C19H19ClF3N3O2S/c1-10-5-4-6-13(17(27)25-11(2)9-29-3)15(10)26-18(28)16-14(20)7-12(8-24-16)19(21,22)23/h4-8,11H,9H2,1-3H3,(H,25,27)(H,26,28)/t11-/m0/s1. The van der Waals surface area contributed by atoms with Crippen LogP contribution in [0.4, 0.5) is 18.9 Å². The number of rotatable bonds is 6. The second kappa shape index (κ2) is 9.49. The van der Waals surface area contributed by atoms with Crippen molar-refractivity contribution in [3.63, 3.8) is 0 Å². The molecule has 0 radical (unpaired) electrons. The highest BCUT2D eigenvalue weighted by Crippen LogP contribution is 2.31. The first-order chi connectivity index (χ1) is 13.5. The summed E-state index contributed by atoms with van der Waals surface area (Å²) in [5, 5.41) is 4.94. The van der Waals surface area contributed by atoms with Crippen LogP contribution in [0.1, 0.15) is 38.9 Å². The first kappa shape index (κ1) is 23.0. The number of alkyl halides is 3. The minimum Gasteiger partial charge on any atom is -0.349 e. The van der Waals surface area contributed by atoms with Crippen LogP contribution >= 0.6 is 23.4 Å². The first-order valence-electron chi connectivity index (χ1n) is 8.48. The summed E-state index contributed by atoms with van der Waals surface area (Å²) in [4.78, 5) is 28.7. The van der Waals surface area contributed by atoms with Crippen LogP contribution in [0.15, 0.2) is 30.5 Å². The predicted octanol–water partition coefficient (Wildman–Crippen LogP) is 4.80. The summed E-state index contributed by atoms with van der Waals surface area (Å²) in [5.41, 5.74) is -0.354. The molecule has 0 spiro atoms. The van der Waals surface area contributed by atoms with E-state index in [0.717, 1.165) is 0 Å².